The molecule has 0 saturated heterocycles. The van der Waals surface area contributed by atoms with Gasteiger partial charge in [0.1, 0.15) is 0 Å². The summed E-state index contributed by atoms with van der Waals surface area (Å²) in [6.45, 7) is 2.04. The van der Waals surface area contributed by atoms with Crippen molar-refractivity contribution in [1.29, 1.82) is 0 Å². The maximum Gasteiger partial charge on any atom is 0.271 e. The molecule has 0 aliphatic carbocycles. The highest BCUT2D eigenvalue weighted by molar-refractivity contribution is 6.00. The van der Waals surface area contributed by atoms with E-state index in [1.54, 1.807) is 30.5 Å². The van der Waals surface area contributed by atoms with Gasteiger partial charge in [0.15, 0.2) is 0 Å². The molecule has 3 aromatic rings. The Kier molecular flexibility index (Phi) is 5.99. The van der Waals surface area contributed by atoms with Gasteiger partial charge in [-0.2, -0.15) is 5.10 Å². The van der Waals surface area contributed by atoms with Crippen LogP contribution in [0.3, 0.4) is 0 Å². The maximum absolute atomic E-state index is 12.3. The summed E-state index contributed by atoms with van der Waals surface area (Å²) in [7, 11) is 0. The predicted octanol–water partition coefficient (Wildman–Crippen LogP) is 4.06. The fourth-order valence-electron chi connectivity index (χ4n) is 2.72. The Balaban J connectivity index is 1.62. The van der Waals surface area contributed by atoms with E-state index in [1.807, 2.05) is 37.4 Å². The first-order chi connectivity index (χ1) is 13.2. The summed E-state index contributed by atoms with van der Waals surface area (Å²) in [6, 6.07) is 14.7. The highest BCUT2D eigenvalue weighted by atomic mass is 16.2. The fourth-order valence-corrected chi connectivity index (χ4v) is 2.72. The Morgan fingerprint density at radius 1 is 1.15 bits per heavy atom. The third-order valence-corrected chi connectivity index (χ3v) is 4.16. The van der Waals surface area contributed by atoms with E-state index >= 15 is 0 Å². The van der Waals surface area contributed by atoms with Crippen molar-refractivity contribution >= 4 is 34.6 Å². The third-order valence-electron chi connectivity index (χ3n) is 4.16. The van der Waals surface area contributed by atoms with Crippen molar-refractivity contribution in [2.75, 3.05) is 5.32 Å². The van der Waals surface area contributed by atoms with Crippen molar-refractivity contribution in [1.82, 2.24) is 10.4 Å². The zero-order valence-corrected chi connectivity index (χ0v) is 15.2. The smallest absolute Gasteiger partial charge is 0.271 e. The van der Waals surface area contributed by atoms with Crippen molar-refractivity contribution in [2.45, 2.75) is 26.2 Å². The molecule has 6 heteroatoms. The molecule has 2 amide bonds. The fraction of sp³-hybridized carbons (Fsp3) is 0.190. The van der Waals surface area contributed by atoms with Gasteiger partial charge in [-0.1, -0.05) is 37.6 Å². The van der Waals surface area contributed by atoms with Crippen molar-refractivity contribution in [3.63, 3.8) is 0 Å². The normalized spacial score (nSPS) is 11.0. The van der Waals surface area contributed by atoms with Gasteiger partial charge in [0, 0.05) is 40.3 Å². The van der Waals surface area contributed by atoms with Crippen LogP contribution in [0.2, 0.25) is 0 Å². The number of H-pyrrole nitrogens is 1. The number of carbonyl (C=O) groups excluding carboxylic acids is 2. The highest BCUT2D eigenvalue weighted by Gasteiger charge is 2.07. The van der Waals surface area contributed by atoms with E-state index in [0.29, 0.717) is 17.7 Å². The number of hydrazone groups is 1. The van der Waals surface area contributed by atoms with Crippen molar-refractivity contribution in [2.24, 2.45) is 5.10 Å². The van der Waals surface area contributed by atoms with Crippen LogP contribution in [0, 0.1) is 0 Å². The molecule has 0 saturated carbocycles. The number of hydrogen-bond donors (Lipinski definition) is 3. The van der Waals surface area contributed by atoms with Crippen LogP contribution >= 0.6 is 0 Å². The molecule has 0 aliphatic heterocycles. The average molecular weight is 362 g/mol. The van der Waals surface area contributed by atoms with Crippen LogP contribution in [-0.2, 0) is 4.79 Å². The zero-order chi connectivity index (χ0) is 19.1. The van der Waals surface area contributed by atoms with Gasteiger partial charge in [0.05, 0.1) is 6.21 Å². The Morgan fingerprint density at radius 3 is 2.85 bits per heavy atom. The van der Waals surface area contributed by atoms with Crippen LogP contribution in [0.15, 0.2) is 59.8 Å². The summed E-state index contributed by atoms with van der Waals surface area (Å²) < 4.78 is 0. The summed E-state index contributed by atoms with van der Waals surface area (Å²) in [4.78, 5) is 27.3. The van der Waals surface area contributed by atoms with Gasteiger partial charge < -0.3 is 10.3 Å². The maximum atomic E-state index is 12.3. The molecule has 0 spiro atoms. The van der Waals surface area contributed by atoms with Crippen molar-refractivity contribution < 1.29 is 9.59 Å². The molecule has 2 aromatic carbocycles. The predicted molar refractivity (Wildman–Crippen MR) is 108 cm³/mol. The van der Waals surface area contributed by atoms with Crippen LogP contribution in [0.4, 0.5) is 5.69 Å². The van der Waals surface area contributed by atoms with Crippen LogP contribution in [0.1, 0.15) is 42.1 Å². The standard InChI is InChI=1S/C21H22N4O2/c1-2-3-11-20(26)24-17-8-6-7-15(12-17)21(27)25-23-14-16-13-22-19-10-5-4-9-18(16)19/h4-10,12-14,22H,2-3,11H2,1H3,(H,24,26)(H,25,27). The quantitative estimate of drug-likeness (QED) is 0.437. The lowest BCUT2D eigenvalue weighted by Crippen LogP contribution is -2.18. The SMILES string of the molecule is CCCCC(=O)Nc1cccc(C(=O)NN=Cc2c[nH]c3ccccc23)c1. The van der Waals surface area contributed by atoms with Gasteiger partial charge in [-0.3, -0.25) is 9.59 Å². The largest absolute Gasteiger partial charge is 0.361 e. The number of hydrogen-bond acceptors (Lipinski definition) is 3. The van der Waals surface area contributed by atoms with Gasteiger partial charge in [0.25, 0.3) is 5.91 Å². The first-order valence-corrected chi connectivity index (χ1v) is 8.97. The number of aromatic amines is 1. The third kappa shape index (κ3) is 4.82. The Labute approximate surface area is 157 Å². The average Bonchev–Trinajstić information content (AvgIpc) is 3.10. The van der Waals surface area contributed by atoms with Gasteiger partial charge in [-0.15, -0.1) is 0 Å². The minimum atomic E-state index is -0.337. The number of rotatable bonds is 7. The number of aromatic nitrogens is 1. The molecule has 138 valence electrons. The van der Waals surface area contributed by atoms with E-state index < -0.39 is 0 Å². The Hall–Kier alpha value is -3.41. The van der Waals surface area contributed by atoms with E-state index in [0.717, 1.165) is 29.3 Å². The Bertz CT molecular complexity index is 975. The monoisotopic (exact) mass is 362 g/mol. The number of unbranched alkanes of at least 4 members (excludes halogenated alkanes) is 1. The van der Waals surface area contributed by atoms with E-state index in [-0.39, 0.29) is 11.8 Å². The summed E-state index contributed by atoms with van der Waals surface area (Å²) in [5.41, 5.74) is 5.45. The second kappa shape index (κ2) is 8.80. The molecule has 0 atom stereocenters. The first kappa shape index (κ1) is 18.4. The second-order valence-corrected chi connectivity index (χ2v) is 6.22. The van der Waals surface area contributed by atoms with Gasteiger partial charge >= 0.3 is 0 Å². The number of anilines is 1. The topological polar surface area (TPSA) is 86.3 Å². The van der Waals surface area contributed by atoms with Crippen LogP contribution in [0.25, 0.3) is 10.9 Å². The van der Waals surface area contributed by atoms with Gasteiger partial charge in [-0.25, -0.2) is 5.43 Å². The van der Waals surface area contributed by atoms with E-state index in [9.17, 15) is 9.59 Å². The van der Waals surface area contributed by atoms with E-state index in [1.165, 1.54) is 0 Å². The summed E-state index contributed by atoms with van der Waals surface area (Å²) in [5.74, 6) is -0.387. The molecule has 3 N–H and O–H groups in total. The van der Waals surface area contributed by atoms with Crippen LogP contribution in [-0.4, -0.2) is 23.0 Å². The summed E-state index contributed by atoms with van der Waals surface area (Å²) in [5, 5.41) is 7.88. The molecule has 0 aliphatic rings. The lowest BCUT2D eigenvalue weighted by atomic mass is 10.2. The molecule has 0 radical (unpaired) electrons. The van der Waals surface area contributed by atoms with Gasteiger partial charge in [-0.05, 0) is 30.7 Å². The number of amides is 2. The molecule has 0 bridgehead atoms. The zero-order valence-electron chi connectivity index (χ0n) is 15.2. The second-order valence-electron chi connectivity index (χ2n) is 6.22. The van der Waals surface area contributed by atoms with Gasteiger partial charge in [0.2, 0.25) is 5.91 Å². The van der Waals surface area contributed by atoms with Crippen LogP contribution in [0.5, 0.6) is 0 Å². The van der Waals surface area contributed by atoms with Crippen molar-refractivity contribution in [3.8, 4) is 0 Å². The summed E-state index contributed by atoms with van der Waals surface area (Å²) in [6.07, 6.45) is 5.72. The number of nitrogens with zero attached hydrogens (tertiary/aromatic N) is 1. The molecular formula is C21H22N4O2. The number of para-hydroxylation sites is 1. The number of fused-ring (bicyclic) bond motifs is 1. The molecule has 0 fully saturated rings. The summed E-state index contributed by atoms with van der Waals surface area (Å²) >= 11 is 0. The molecule has 6 nitrogen and oxygen atoms in total. The van der Waals surface area contributed by atoms with Crippen molar-refractivity contribution in [3.05, 3.63) is 65.9 Å². The highest BCUT2D eigenvalue weighted by Crippen LogP contribution is 2.15. The minimum absolute atomic E-state index is 0.0493. The van der Waals surface area contributed by atoms with E-state index in [4.69, 9.17) is 0 Å². The number of nitrogens with one attached hydrogen (secondary N) is 3. The lowest BCUT2D eigenvalue weighted by Gasteiger charge is -2.06. The minimum Gasteiger partial charge on any atom is -0.361 e. The molecule has 1 aromatic heterocycles. The molecular weight excluding hydrogens is 340 g/mol. The number of benzene rings is 2. The molecule has 27 heavy (non-hydrogen) atoms. The molecule has 0 unspecified atom stereocenters. The number of carbonyl (C=O) groups is 2. The molecule has 1 heterocycles. The lowest BCUT2D eigenvalue weighted by molar-refractivity contribution is -0.116. The Morgan fingerprint density at radius 2 is 2.00 bits per heavy atom. The van der Waals surface area contributed by atoms with Crippen LogP contribution < -0.4 is 10.7 Å². The first-order valence-electron chi connectivity index (χ1n) is 8.97. The van der Waals surface area contributed by atoms with E-state index in [2.05, 4.69) is 20.8 Å². The molecule has 3 rings (SSSR count).